The first-order valence-corrected chi connectivity index (χ1v) is 26.0. The monoisotopic (exact) mass is 933 g/mol. The van der Waals surface area contributed by atoms with E-state index in [2.05, 4.69) is 43.5 Å². The molecule has 1 amide bonds. The number of piperazine rings is 1. The highest BCUT2D eigenvalue weighted by Gasteiger charge is 2.50. The molecule has 66 heavy (non-hydrogen) atoms. The highest BCUT2D eigenvalue weighted by Crippen LogP contribution is 2.55. The number of phenols is 3. The number of ether oxygens (including phenoxy) is 4. The number of phenolic OH excluding ortho intramolecular Hbond substituents is 3. The maximum absolute atomic E-state index is 14.6. The predicted octanol–water partition coefficient (Wildman–Crippen LogP) is 5.73. The first-order valence-electron chi connectivity index (χ1n) is 22.5. The van der Waals surface area contributed by atoms with E-state index in [9.17, 15) is 39.9 Å². The van der Waals surface area contributed by atoms with Gasteiger partial charge in [-0.25, -0.2) is 0 Å². The lowest BCUT2D eigenvalue weighted by Crippen LogP contribution is -2.56. The van der Waals surface area contributed by atoms with E-state index in [1.165, 1.54) is 59.4 Å². The van der Waals surface area contributed by atoms with Crippen LogP contribution in [0, 0.1) is 42.1 Å². The Balaban J connectivity index is 1.66. The lowest BCUT2D eigenvalue weighted by atomic mass is 9.78. The van der Waals surface area contributed by atoms with Gasteiger partial charge in [0.15, 0.2) is 5.75 Å². The molecule has 0 radical (unpaired) electrons. The second-order valence-electron chi connectivity index (χ2n) is 19.6. The van der Waals surface area contributed by atoms with E-state index < -0.39 is 96.9 Å². The summed E-state index contributed by atoms with van der Waals surface area (Å²) in [5, 5.41) is 67.7. The summed E-state index contributed by atoms with van der Waals surface area (Å²) in [5.74, 6) is -5.03. The van der Waals surface area contributed by atoms with Gasteiger partial charge in [-0.15, -0.1) is 5.54 Å². The average Bonchev–Trinajstić information content (AvgIpc) is 3.51. The van der Waals surface area contributed by atoms with E-state index >= 15 is 0 Å². The number of allylic oxidation sites excluding steroid dienone is 2. The number of Topliss-reactive ketones (excluding diaryl/α,β-unsaturated/α-hetero) is 1. The lowest BCUT2D eigenvalue weighted by Gasteiger charge is -2.39. The number of fused-ring (bicyclic) bond motifs is 14. The number of hydrogen-bond donors (Lipinski definition) is 6. The summed E-state index contributed by atoms with van der Waals surface area (Å²) in [6, 6.07) is 0. The van der Waals surface area contributed by atoms with Crippen LogP contribution in [0.5, 0.6) is 23.0 Å². The van der Waals surface area contributed by atoms with Crippen LogP contribution in [0.2, 0.25) is 19.6 Å². The number of anilines is 1. The molecule has 0 unspecified atom stereocenters. The van der Waals surface area contributed by atoms with E-state index in [1.807, 2.05) is 5.01 Å². The molecular weight excluding hydrogens is 865 g/mol. The van der Waals surface area contributed by atoms with Gasteiger partial charge in [-0.05, 0) is 19.9 Å². The van der Waals surface area contributed by atoms with Crippen molar-refractivity contribution in [2.45, 2.75) is 105 Å². The van der Waals surface area contributed by atoms with Gasteiger partial charge in [-0.1, -0.05) is 71.5 Å². The number of hydrogen-bond acceptors (Lipinski definition) is 14. The quantitative estimate of drug-likeness (QED) is 0.0402. The molecule has 5 bridgehead atoms. The second-order valence-corrected chi connectivity index (χ2v) is 24.3. The minimum Gasteiger partial charge on any atom is -0.507 e. The van der Waals surface area contributed by atoms with Crippen molar-refractivity contribution in [3.63, 3.8) is 0 Å². The number of aromatic hydroxyl groups is 3. The zero-order valence-electron chi connectivity index (χ0n) is 40.6. The topological polar surface area (TPSA) is 217 Å². The largest absolute Gasteiger partial charge is 0.507 e. The van der Waals surface area contributed by atoms with Crippen molar-refractivity contribution in [3.05, 3.63) is 52.8 Å². The number of methoxy groups -OCH3 is 1. The number of aliphatic hydroxyl groups is 2. The van der Waals surface area contributed by atoms with Crippen LogP contribution in [0.15, 0.2) is 41.2 Å². The molecule has 4 aliphatic heterocycles. The summed E-state index contributed by atoms with van der Waals surface area (Å²) < 4.78 is 24.5. The van der Waals surface area contributed by atoms with Gasteiger partial charge in [-0.3, -0.25) is 19.4 Å². The van der Waals surface area contributed by atoms with Gasteiger partial charge < -0.3 is 54.3 Å². The Labute approximate surface area is 389 Å². The van der Waals surface area contributed by atoms with Gasteiger partial charge in [0.25, 0.3) is 11.7 Å². The molecule has 6 N–H and O–H groups in total. The summed E-state index contributed by atoms with van der Waals surface area (Å²) in [6.45, 7) is 22.4. The summed E-state index contributed by atoms with van der Waals surface area (Å²) in [4.78, 5) is 40.9. The van der Waals surface area contributed by atoms with E-state index in [0.717, 1.165) is 17.6 Å². The molecule has 17 heteroatoms. The Kier molecular flexibility index (Phi) is 15.8. The number of carbonyl (C=O) groups is 3. The Morgan fingerprint density at radius 3 is 2.26 bits per heavy atom. The predicted molar refractivity (Wildman–Crippen MR) is 255 cm³/mol. The van der Waals surface area contributed by atoms with Crippen molar-refractivity contribution >= 4 is 48.4 Å². The molecule has 1 saturated heterocycles. The second kappa shape index (κ2) is 20.2. The zero-order valence-corrected chi connectivity index (χ0v) is 41.6. The molecule has 2 aromatic rings. The Hall–Kier alpha value is -5.38. The van der Waals surface area contributed by atoms with Crippen LogP contribution >= 0.6 is 0 Å². The van der Waals surface area contributed by atoms with Crippen LogP contribution in [0.1, 0.15) is 70.0 Å². The normalized spacial score (nSPS) is 30.5. The highest BCUT2D eigenvalue weighted by atomic mass is 28.3. The minimum absolute atomic E-state index is 0.0528. The van der Waals surface area contributed by atoms with Crippen LogP contribution in [-0.2, 0) is 23.8 Å². The number of nitrogens with zero attached hydrogens (tertiary/aromatic N) is 3. The molecule has 4 aliphatic rings. The minimum atomic E-state index is -2.06. The molecule has 0 spiro atoms. The fourth-order valence-electron chi connectivity index (χ4n) is 8.72. The highest BCUT2D eigenvalue weighted by molar-refractivity contribution is 6.83. The number of amides is 1. The van der Waals surface area contributed by atoms with Gasteiger partial charge in [0.2, 0.25) is 0 Å². The Morgan fingerprint density at radius 1 is 1.00 bits per heavy atom. The third kappa shape index (κ3) is 10.9. The molecule has 1 fully saturated rings. The number of quaternary nitrogens is 1. The van der Waals surface area contributed by atoms with Crippen molar-refractivity contribution in [1.29, 1.82) is 0 Å². The van der Waals surface area contributed by atoms with Crippen molar-refractivity contribution < 1.29 is 63.3 Å². The third-order valence-electron chi connectivity index (χ3n) is 13.1. The van der Waals surface area contributed by atoms with Crippen LogP contribution < -0.4 is 10.1 Å². The van der Waals surface area contributed by atoms with E-state index in [-0.39, 0.29) is 44.5 Å². The van der Waals surface area contributed by atoms with Gasteiger partial charge in [0.1, 0.15) is 38.0 Å². The molecule has 360 valence electrons. The molecule has 2 aromatic carbocycles. The van der Waals surface area contributed by atoms with Crippen molar-refractivity contribution in [2.24, 2.45) is 28.8 Å². The number of benzene rings is 2. The maximum atomic E-state index is 14.6. The van der Waals surface area contributed by atoms with Gasteiger partial charge in [-0.2, -0.15) is 5.10 Å². The third-order valence-corrected chi connectivity index (χ3v) is 14.0. The first-order chi connectivity index (χ1) is 30.8. The number of rotatable bonds is 5. The first kappa shape index (κ1) is 51.6. The fourth-order valence-corrected chi connectivity index (χ4v) is 9.33. The fraction of sp³-hybridized carbons (Fsp3) is 0.551. The summed E-state index contributed by atoms with van der Waals surface area (Å²) in [6.07, 6.45) is 4.88. The zero-order chi connectivity index (χ0) is 49.2. The number of likely N-dealkylation sites (N-methyl/N-ethyl adjacent to an activating group) is 1. The summed E-state index contributed by atoms with van der Waals surface area (Å²) in [7, 11) is 2.05. The van der Waals surface area contributed by atoms with Crippen LogP contribution in [0.4, 0.5) is 5.69 Å². The Morgan fingerprint density at radius 2 is 1.65 bits per heavy atom. The SMILES string of the molecule is CO[C@H]1/C=C/O[C@@]2(C)Oc3c(C)c(O)c4c(O)c(c(/C=N/N5CC[N+](C)(CC#C[Si](C)(C)C)CC5)c(O)c4c3C2=O)NC(=O)/C(C)=C\C=C\[C@H](C)[C@H](O)[C@@H](C)[C@@H](O)[C@@H](C)[C@H](OC(C)=O)[C@@H]1C. The van der Waals surface area contributed by atoms with E-state index in [1.54, 1.807) is 39.8 Å². The molecule has 16 nitrogen and oxygen atoms in total. The molecule has 6 rings (SSSR count). The van der Waals surface area contributed by atoms with Gasteiger partial charge in [0, 0.05) is 61.2 Å². The molecule has 9 atom stereocenters. The van der Waals surface area contributed by atoms with Crippen molar-refractivity contribution in [1.82, 2.24) is 5.01 Å². The lowest BCUT2D eigenvalue weighted by molar-refractivity contribution is -0.906. The number of esters is 1. The van der Waals surface area contributed by atoms with Gasteiger partial charge in [0.05, 0.1) is 86.2 Å². The number of nitrogens with one attached hydrogen (secondary N) is 1. The molecular formula is C49H69N4O12Si+. The summed E-state index contributed by atoms with van der Waals surface area (Å²) >= 11 is 0. The number of carbonyl (C=O) groups excluding carboxylic acids is 3. The van der Waals surface area contributed by atoms with E-state index in [0.29, 0.717) is 19.6 Å². The van der Waals surface area contributed by atoms with Crippen molar-refractivity contribution in [3.8, 4) is 34.5 Å². The van der Waals surface area contributed by atoms with Gasteiger partial charge >= 0.3 is 11.8 Å². The average molecular weight is 934 g/mol. The maximum Gasteiger partial charge on any atom is 0.312 e. The van der Waals surface area contributed by atoms with E-state index in [4.69, 9.17) is 24.0 Å². The molecule has 0 aromatic heterocycles. The Bertz CT molecular complexity index is 2390. The molecule has 4 heterocycles. The van der Waals surface area contributed by atoms with Crippen LogP contribution in [0.25, 0.3) is 10.8 Å². The number of ketones is 1. The van der Waals surface area contributed by atoms with Crippen molar-refractivity contribution in [2.75, 3.05) is 52.2 Å². The number of aliphatic hydroxyl groups excluding tert-OH is 2. The van der Waals surface area contributed by atoms with Crippen LogP contribution in [-0.4, -0.2) is 144 Å². The summed E-state index contributed by atoms with van der Waals surface area (Å²) in [5.41, 5.74) is 3.07. The standard InChI is InChI=1S/C49H68N4O12Si/c1-27-16-14-17-28(2)48(61)51-39-34(26-50-52-19-22-53(9,23-20-52)21-15-25-66(11,12)13)43(58)36-37(44(39)59)42(57)32(6)46-38(36)47(60)49(8,65-46)63-24-18-35(62-10)29(3)45(64-33(7)54)31(5)41(56)30(4)40(27)55/h14,16-18,24,26-27,29-31,35,40-41,45,55-56H,19-23H2,1-13H3,(H3-,50,51,57,58,59,60,61)/p+1/b16-14+,24-18+,28-17-/t27-,29+,30+,31+,35-,40-,41+,45+,49-/m0/s1. The molecule has 0 saturated carbocycles. The smallest absolute Gasteiger partial charge is 0.312 e. The van der Waals surface area contributed by atoms with Crippen LogP contribution in [0.3, 0.4) is 0 Å². The number of hydrazone groups is 1. The molecule has 0 aliphatic carbocycles.